The van der Waals surface area contributed by atoms with E-state index in [1.165, 1.54) is 0 Å². The first-order valence-corrected chi connectivity index (χ1v) is 5.07. The molecular weight excluding hydrogens is 178 g/mol. The van der Waals surface area contributed by atoms with Crippen molar-refractivity contribution in [3.8, 4) is 0 Å². The van der Waals surface area contributed by atoms with Crippen molar-refractivity contribution in [1.29, 1.82) is 0 Å². The van der Waals surface area contributed by atoms with E-state index < -0.39 is 5.60 Å². The average molecular weight is 199 g/mol. The van der Waals surface area contributed by atoms with Gasteiger partial charge in [0.25, 0.3) is 0 Å². The van der Waals surface area contributed by atoms with Crippen molar-refractivity contribution >= 4 is 6.09 Å². The Kier molecular flexibility index (Phi) is 6.00. The third-order valence-electron chi connectivity index (χ3n) is 1.39. The molecule has 0 heterocycles. The van der Waals surface area contributed by atoms with E-state index in [0.29, 0.717) is 6.54 Å². The molecule has 0 spiro atoms. The van der Waals surface area contributed by atoms with Gasteiger partial charge in [-0.2, -0.15) is 0 Å². The number of hydrogen-bond donors (Lipinski definition) is 1. The summed E-state index contributed by atoms with van der Waals surface area (Å²) in [6.45, 7) is 8.19. The molecule has 3 nitrogen and oxygen atoms in total. The average Bonchev–Trinajstić information content (AvgIpc) is 2.00. The molecule has 1 amide bonds. The number of carbonyl (C=O) groups is 1. The molecule has 0 saturated carbocycles. The van der Waals surface area contributed by atoms with Crippen molar-refractivity contribution in [3.05, 3.63) is 12.2 Å². The van der Waals surface area contributed by atoms with Crippen LogP contribution in [0.4, 0.5) is 4.79 Å². The number of ether oxygens (including phenoxy) is 1. The molecule has 0 unspecified atom stereocenters. The maximum atomic E-state index is 11.1. The van der Waals surface area contributed by atoms with Crippen LogP contribution < -0.4 is 5.32 Å². The van der Waals surface area contributed by atoms with Crippen LogP contribution in [-0.4, -0.2) is 18.2 Å². The van der Waals surface area contributed by atoms with Gasteiger partial charge in [0, 0.05) is 6.54 Å². The van der Waals surface area contributed by atoms with E-state index in [0.717, 1.165) is 12.8 Å². The van der Waals surface area contributed by atoms with Gasteiger partial charge in [-0.25, -0.2) is 4.79 Å². The number of carbonyl (C=O) groups excluding carboxylic acids is 1. The summed E-state index contributed by atoms with van der Waals surface area (Å²) in [7, 11) is 0. The summed E-state index contributed by atoms with van der Waals surface area (Å²) in [5.74, 6) is 0. The fraction of sp³-hybridized carbons (Fsp3) is 0.727. The Hall–Kier alpha value is -0.990. The first kappa shape index (κ1) is 13.0. The largest absolute Gasteiger partial charge is 0.444 e. The Bertz CT molecular complexity index is 192. The van der Waals surface area contributed by atoms with Crippen molar-refractivity contribution in [2.75, 3.05) is 6.54 Å². The second-order valence-corrected chi connectivity index (χ2v) is 4.14. The van der Waals surface area contributed by atoms with Crippen molar-refractivity contribution in [1.82, 2.24) is 5.32 Å². The van der Waals surface area contributed by atoms with Gasteiger partial charge in [-0.15, -0.1) is 0 Å². The Balaban J connectivity index is 3.55. The fourth-order valence-electron chi connectivity index (χ4n) is 0.824. The van der Waals surface area contributed by atoms with Crippen LogP contribution in [0.2, 0.25) is 0 Å². The van der Waals surface area contributed by atoms with Crippen LogP contribution in [0, 0.1) is 0 Å². The van der Waals surface area contributed by atoms with Gasteiger partial charge in [-0.3, -0.25) is 0 Å². The molecule has 0 fully saturated rings. The molecule has 0 aliphatic heterocycles. The second kappa shape index (κ2) is 6.46. The molecular formula is C11H21NO2. The lowest BCUT2D eigenvalue weighted by atomic mass is 10.2. The van der Waals surface area contributed by atoms with Crippen molar-refractivity contribution in [2.24, 2.45) is 0 Å². The van der Waals surface area contributed by atoms with E-state index in [1.54, 1.807) is 0 Å². The third kappa shape index (κ3) is 9.10. The van der Waals surface area contributed by atoms with E-state index >= 15 is 0 Å². The monoisotopic (exact) mass is 199 g/mol. The number of nitrogens with one attached hydrogen (secondary N) is 1. The number of alkyl carbamates (subject to hydrolysis) is 1. The molecule has 0 aliphatic rings. The predicted octanol–water partition coefficient (Wildman–Crippen LogP) is 2.87. The highest BCUT2D eigenvalue weighted by Crippen LogP contribution is 2.06. The molecule has 0 aromatic carbocycles. The minimum Gasteiger partial charge on any atom is -0.444 e. The molecule has 14 heavy (non-hydrogen) atoms. The summed E-state index contributed by atoms with van der Waals surface area (Å²) >= 11 is 0. The van der Waals surface area contributed by atoms with E-state index in [9.17, 15) is 4.79 Å². The van der Waals surface area contributed by atoms with Crippen molar-refractivity contribution in [3.63, 3.8) is 0 Å². The lowest BCUT2D eigenvalue weighted by Crippen LogP contribution is -2.32. The topological polar surface area (TPSA) is 38.3 Å². The van der Waals surface area contributed by atoms with Gasteiger partial charge < -0.3 is 10.1 Å². The van der Waals surface area contributed by atoms with Crippen molar-refractivity contribution in [2.45, 2.75) is 46.1 Å². The first-order valence-electron chi connectivity index (χ1n) is 5.07. The highest BCUT2D eigenvalue weighted by Gasteiger charge is 2.14. The van der Waals surface area contributed by atoms with Gasteiger partial charge in [0.15, 0.2) is 0 Å². The van der Waals surface area contributed by atoms with Gasteiger partial charge in [-0.05, 0) is 27.2 Å². The maximum absolute atomic E-state index is 11.1. The fourth-order valence-corrected chi connectivity index (χ4v) is 0.824. The Morgan fingerprint density at radius 3 is 2.50 bits per heavy atom. The number of amides is 1. The molecule has 82 valence electrons. The zero-order valence-electron chi connectivity index (χ0n) is 9.59. The summed E-state index contributed by atoms with van der Waals surface area (Å²) < 4.78 is 5.06. The van der Waals surface area contributed by atoms with Crippen LogP contribution in [0.5, 0.6) is 0 Å². The molecule has 1 N–H and O–H groups in total. The molecule has 0 aromatic rings. The lowest BCUT2D eigenvalue weighted by molar-refractivity contribution is 0.0534. The third-order valence-corrected chi connectivity index (χ3v) is 1.39. The minimum atomic E-state index is -0.419. The van der Waals surface area contributed by atoms with E-state index in [1.807, 2.05) is 26.8 Å². The van der Waals surface area contributed by atoms with Crippen LogP contribution in [-0.2, 0) is 4.74 Å². The molecule has 3 heteroatoms. The molecule has 0 bridgehead atoms. The summed E-state index contributed by atoms with van der Waals surface area (Å²) in [6.07, 6.45) is 5.81. The number of hydrogen-bond acceptors (Lipinski definition) is 2. The summed E-state index contributed by atoms with van der Waals surface area (Å²) in [4.78, 5) is 11.1. The minimum absolute atomic E-state index is 0.362. The van der Waals surface area contributed by atoms with Gasteiger partial charge >= 0.3 is 6.09 Å². The molecule has 0 radical (unpaired) electrons. The normalized spacial score (nSPS) is 11.7. The molecule has 0 saturated heterocycles. The molecule has 0 atom stereocenters. The number of unbranched alkanes of at least 4 members (excludes halogenated alkanes) is 1. The smallest absolute Gasteiger partial charge is 0.407 e. The number of rotatable bonds is 4. The first-order chi connectivity index (χ1) is 6.45. The highest BCUT2D eigenvalue weighted by molar-refractivity contribution is 5.67. The molecule has 0 aromatic heterocycles. The highest BCUT2D eigenvalue weighted by atomic mass is 16.6. The van der Waals surface area contributed by atoms with Crippen LogP contribution in [0.1, 0.15) is 40.5 Å². The van der Waals surface area contributed by atoms with E-state index in [4.69, 9.17) is 4.74 Å². The Morgan fingerprint density at radius 2 is 2.00 bits per heavy atom. The Labute approximate surface area is 86.5 Å². The SMILES string of the molecule is CCC/C=C/CNC(=O)OC(C)(C)C. The van der Waals surface area contributed by atoms with Gasteiger partial charge in [0.1, 0.15) is 5.60 Å². The zero-order chi connectivity index (χ0) is 11.0. The van der Waals surface area contributed by atoms with Crippen LogP contribution in [0.15, 0.2) is 12.2 Å². The second-order valence-electron chi connectivity index (χ2n) is 4.14. The van der Waals surface area contributed by atoms with E-state index in [2.05, 4.69) is 18.3 Å². The van der Waals surface area contributed by atoms with E-state index in [-0.39, 0.29) is 6.09 Å². The molecule has 0 aliphatic carbocycles. The quantitative estimate of drug-likeness (QED) is 0.707. The van der Waals surface area contributed by atoms with Crippen molar-refractivity contribution < 1.29 is 9.53 Å². The molecule has 0 rings (SSSR count). The summed E-state index contributed by atoms with van der Waals surface area (Å²) in [6, 6.07) is 0. The zero-order valence-corrected chi connectivity index (χ0v) is 9.59. The van der Waals surface area contributed by atoms with Gasteiger partial charge in [0.2, 0.25) is 0 Å². The standard InChI is InChI=1S/C11H21NO2/c1-5-6-7-8-9-12-10(13)14-11(2,3)4/h7-8H,5-6,9H2,1-4H3,(H,12,13)/b8-7+. The maximum Gasteiger partial charge on any atom is 0.407 e. The van der Waals surface area contributed by atoms with Gasteiger partial charge in [-0.1, -0.05) is 25.5 Å². The van der Waals surface area contributed by atoms with Crippen LogP contribution >= 0.6 is 0 Å². The van der Waals surface area contributed by atoms with Crippen LogP contribution in [0.3, 0.4) is 0 Å². The lowest BCUT2D eigenvalue weighted by Gasteiger charge is -2.19. The predicted molar refractivity (Wildman–Crippen MR) is 58.3 cm³/mol. The van der Waals surface area contributed by atoms with Gasteiger partial charge in [0.05, 0.1) is 0 Å². The number of allylic oxidation sites excluding steroid dienone is 1. The Morgan fingerprint density at radius 1 is 1.36 bits per heavy atom. The summed E-state index contributed by atoms with van der Waals surface area (Å²) in [5, 5.41) is 2.65. The summed E-state index contributed by atoms with van der Waals surface area (Å²) in [5.41, 5.74) is -0.419. The van der Waals surface area contributed by atoms with Crippen LogP contribution in [0.25, 0.3) is 0 Å².